The maximum Gasteiger partial charge on any atom is 0.262 e. The Labute approximate surface area is 189 Å². The molecule has 1 fully saturated rings. The Balaban J connectivity index is 1.47. The lowest BCUT2D eigenvalue weighted by molar-refractivity contribution is 0.0771. The molecule has 0 saturated carbocycles. The molecule has 9 heteroatoms. The van der Waals surface area contributed by atoms with E-state index < -0.39 is 0 Å². The number of nitrogens with zero attached hydrogens (tertiary/aromatic N) is 5. The van der Waals surface area contributed by atoms with Crippen LogP contribution in [0.5, 0.6) is 0 Å². The second kappa shape index (κ2) is 8.31. The first kappa shape index (κ1) is 20.6. The van der Waals surface area contributed by atoms with Gasteiger partial charge < -0.3 is 10.2 Å². The third kappa shape index (κ3) is 3.42. The zero-order valence-electron chi connectivity index (χ0n) is 18.0. The van der Waals surface area contributed by atoms with Crippen molar-refractivity contribution in [3.8, 4) is 0 Å². The van der Waals surface area contributed by atoms with Crippen LogP contribution in [0.2, 0.25) is 0 Å². The molecule has 0 bridgehead atoms. The number of benzene rings is 2. The summed E-state index contributed by atoms with van der Waals surface area (Å²) in [4.78, 5) is 27.6. The van der Waals surface area contributed by atoms with Crippen LogP contribution in [0.1, 0.15) is 21.7 Å². The average Bonchev–Trinajstić information content (AvgIpc) is 3.26. The van der Waals surface area contributed by atoms with Crippen molar-refractivity contribution in [3.63, 3.8) is 0 Å². The molecule has 4 aromatic rings. The minimum atomic E-state index is -0.0989. The van der Waals surface area contributed by atoms with Gasteiger partial charge in [0.05, 0.1) is 17.4 Å². The van der Waals surface area contributed by atoms with E-state index >= 15 is 0 Å². The van der Waals surface area contributed by atoms with Crippen molar-refractivity contribution in [3.05, 3.63) is 69.8 Å². The van der Waals surface area contributed by atoms with Crippen molar-refractivity contribution in [2.24, 2.45) is 7.05 Å². The van der Waals surface area contributed by atoms with Crippen LogP contribution >= 0.6 is 11.8 Å². The lowest BCUT2D eigenvalue weighted by Gasteiger charge is -2.27. The van der Waals surface area contributed by atoms with Crippen LogP contribution in [0.25, 0.3) is 16.7 Å². The van der Waals surface area contributed by atoms with Gasteiger partial charge in [0.2, 0.25) is 5.78 Å². The van der Waals surface area contributed by atoms with E-state index in [1.54, 1.807) is 7.05 Å². The van der Waals surface area contributed by atoms with Crippen LogP contribution < -0.4 is 10.9 Å². The molecule has 0 aliphatic carbocycles. The van der Waals surface area contributed by atoms with Gasteiger partial charge in [-0.1, -0.05) is 18.2 Å². The SMILES string of the molecule is Cc1c(NCc2nnc3n(C)c(=O)c4ccccc4n23)cccc1C(=O)N1CCSCC1. The third-order valence-electron chi connectivity index (χ3n) is 5.99. The molecular weight excluding hydrogens is 424 g/mol. The standard InChI is InChI=1S/C23H24N6O2S/c1-15-16(22(31)28-10-12-32-13-11-28)7-5-8-18(15)24-14-20-25-26-23-27(2)21(30)17-6-3-4-9-19(17)29(20)23/h3-9,24H,10-14H2,1-2H3. The van der Waals surface area contributed by atoms with Crippen LogP contribution in [-0.2, 0) is 13.6 Å². The van der Waals surface area contributed by atoms with Gasteiger partial charge in [0.1, 0.15) is 0 Å². The summed E-state index contributed by atoms with van der Waals surface area (Å²) in [6, 6.07) is 13.2. The minimum Gasteiger partial charge on any atom is -0.377 e. The van der Waals surface area contributed by atoms with Gasteiger partial charge in [0.15, 0.2) is 5.82 Å². The number of hydrogen-bond acceptors (Lipinski definition) is 6. The molecule has 1 aliphatic rings. The molecule has 5 rings (SSSR count). The molecule has 32 heavy (non-hydrogen) atoms. The Morgan fingerprint density at radius 3 is 2.69 bits per heavy atom. The van der Waals surface area contributed by atoms with E-state index in [0.717, 1.165) is 46.9 Å². The van der Waals surface area contributed by atoms with Gasteiger partial charge >= 0.3 is 0 Å². The molecule has 0 atom stereocenters. The molecule has 3 heterocycles. The van der Waals surface area contributed by atoms with Gasteiger partial charge in [-0.3, -0.25) is 18.6 Å². The van der Waals surface area contributed by atoms with Crippen molar-refractivity contribution in [2.75, 3.05) is 29.9 Å². The molecule has 0 radical (unpaired) electrons. The first-order valence-corrected chi connectivity index (χ1v) is 11.7. The number of para-hydroxylation sites is 1. The second-order valence-electron chi connectivity index (χ2n) is 7.87. The zero-order chi connectivity index (χ0) is 22.2. The summed E-state index contributed by atoms with van der Waals surface area (Å²) >= 11 is 1.89. The average molecular weight is 449 g/mol. The van der Waals surface area contributed by atoms with Gasteiger partial charge in [-0.2, -0.15) is 11.8 Å². The number of carbonyl (C=O) groups is 1. The lowest BCUT2D eigenvalue weighted by atomic mass is 10.1. The Bertz CT molecular complexity index is 1390. The van der Waals surface area contributed by atoms with Gasteiger partial charge in [0, 0.05) is 42.9 Å². The minimum absolute atomic E-state index is 0.0837. The molecule has 8 nitrogen and oxygen atoms in total. The molecule has 1 saturated heterocycles. The van der Waals surface area contributed by atoms with Gasteiger partial charge in [-0.05, 0) is 36.8 Å². The van der Waals surface area contributed by atoms with E-state index in [2.05, 4.69) is 15.5 Å². The molecule has 2 aromatic heterocycles. The molecule has 1 aliphatic heterocycles. The van der Waals surface area contributed by atoms with E-state index in [9.17, 15) is 9.59 Å². The molecular formula is C23H24N6O2S. The topological polar surface area (TPSA) is 84.5 Å². The van der Waals surface area contributed by atoms with Gasteiger partial charge in [-0.25, -0.2) is 0 Å². The van der Waals surface area contributed by atoms with E-state index in [4.69, 9.17) is 0 Å². The number of rotatable bonds is 4. The Hall–Kier alpha value is -3.33. The smallest absolute Gasteiger partial charge is 0.262 e. The first-order chi connectivity index (χ1) is 15.6. The summed E-state index contributed by atoms with van der Waals surface area (Å²) in [5, 5.41) is 12.6. The van der Waals surface area contributed by atoms with Crippen molar-refractivity contribution in [2.45, 2.75) is 13.5 Å². The number of aryl methyl sites for hydroxylation is 1. The molecule has 1 amide bonds. The zero-order valence-corrected chi connectivity index (χ0v) is 18.9. The van der Waals surface area contributed by atoms with Gasteiger partial charge in [-0.15, -0.1) is 10.2 Å². The highest BCUT2D eigenvalue weighted by molar-refractivity contribution is 7.99. The molecule has 164 valence electrons. The third-order valence-corrected chi connectivity index (χ3v) is 6.93. The summed E-state index contributed by atoms with van der Waals surface area (Å²) in [6.07, 6.45) is 0. The summed E-state index contributed by atoms with van der Waals surface area (Å²) in [5.41, 5.74) is 3.20. The van der Waals surface area contributed by atoms with Crippen LogP contribution in [0.4, 0.5) is 5.69 Å². The van der Waals surface area contributed by atoms with Crippen molar-refractivity contribution >= 4 is 40.0 Å². The fraction of sp³-hybridized carbons (Fsp3) is 0.304. The number of thioether (sulfide) groups is 1. The number of hydrogen-bond donors (Lipinski definition) is 1. The van der Waals surface area contributed by atoms with Crippen LogP contribution in [0.3, 0.4) is 0 Å². The summed E-state index contributed by atoms with van der Waals surface area (Å²) in [7, 11) is 1.70. The maximum absolute atomic E-state index is 13.0. The van der Waals surface area contributed by atoms with E-state index in [1.165, 1.54) is 4.57 Å². The summed E-state index contributed by atoms with van der Waals surface area (Å²) < 4.78 is 3.42. The summed E-state index contributed by atoms with van der Waals surface area (Å²) in [6.45, 7) is 3.95. The van der Waals surface area contributed by atoms with Crippen molar-refractivity contribution in [1.29, 1.82) is 0 Å². The first-order valence-electron chi connectivity index (χ1n) is 10.6. The van der Waals surface area contributed by atoms with Crippen LogP contribution in [-0.4, -0.2) is 54.6 Å². The highest BCUT2D eigenvalue weighted by Gasteiger charge is 2.21. The molecule has 0 spiro atoms. The molecule has 2 aromatic carbocycles. The highest BCUT2D eigenvalue weighted by Crippen LogP contribution is 2.23. The highest BCUT2D eigenvalue weighted by atomic mass is 32.2. The van der Waals surface area contributed by atoms with E-state index in [1.807, 2.05) is 70.5 Å². The lowest BCUT2D eigenvalue weighted by Crippen LogP contribution is -2.38. The number of aromatic nitrogens is 4. The predicted octanol–water partition coefficient (Wildman–Crippen LogP) is 2.69. The summed E-state index contributed by atoms with van der Waals surface area (Å²) in [5.74, 6) is 3.24. The number of fused-ring (bicyclic) bond motifs is 3. The Kier molecular flexibility index (Phi) is 5.34. The molecule has 1 N–H and O–H groups in total. The van der Waals surface area contributed by atoms with Crippen LogP contribution in [0, 0.1) is 6.92 Å². The van der Waals surface area contributed by atoms with Crippen molar-refractivity contribution < 1.29 is 4.79 Å². The Morgan fingerprint density at radius 1 is 1.09 bits per heavy atom. The van der Waals surface area contributed by atoms with E-state index in [0.29, 0.717) is 23.5 Å². The molecule has 0 unspecified atom stereocenters. The fourth-order valence-corrected chi connectivity index (χ4v) is 5.08. The monoisotopic (exact) mass is 448 g/mol. The number of amides is 1. The van der Waals surface area contributed by atoms with Gasteiger partial charge in [0.25, 0.3) is 11.5 Å². The number of nitrogens with one attached hydrogen (secondary N) is 1. The fourth-order valence-electron chi connectivity index (χ4n) is 4.18. The largest absolute Gasteiger partial charge is 0.377 e. The van der Waals surface area contributed by atoms with Crippen molar-refractivity contribution in [1.82, 2.24) is 24.1 Å². The number of anilines is 1. The second-order valence-corrected chi connectivity index (χ2v) is 9.09. The Morgan fingerprint density at radius 2 is 1.88 bits per heavy atom. The quantitative estimate of drug-likeness (QED) is 0.517. The number of carbonyl (C=O) groups excluding carboxylic acids is 1. The normalized spacial score (nSPS) is 14.2. The van der Waals surface area contributed by atoms with Crippen LogP contribution in [0.15, 0.2) is 47.3 Å². The maximum atomic E-state index is 13.0. The predicted molar refractivity (Wildman–Crippen MR) is 127 cm³/mol. The van der Waals surface area contributed by atoms with E-state index in [-0.39, 0.29) is 11.5 Å².